The fourth-order valence-electron chi connectivity index (χ4n) is 3.37. The number of carbonyl (C=O) groups excluding carboxylic acids is 1. The molecule has 1 aromatic carbocycles. The molecule has 0 fully saturated rings. The molecule has 0 aliphatic heterocycles. The zero-order valence-electron chi connectivity index (χ0n) is 19.2. The predicted molar refractivity (Wildman–Crippen MR) is 114 cm³/mol. The number of hydrogen-bond donors (Lipinski definition) is 0. The van der Waals surface area contributed by atoms with E-state index >= 15 is 0 Å². The number of pyridine rings is 1. The largest absolute Gasteiger partial charge is 0.545 e. The lowest BCUT2D eigenvalue weighted by Gasteiger charge is -2.07. The lowest BCUT2D eigenvalue weighted by atomic mass is 10.1. The molecule has 0 bridgehead atoms. The Labute approximate surface area is 192 Å². The molecular weight excluding hydrogens is 441 g/mol. The van der Waals surface area contributed by atoms with E-state index in [4.69, 9.17) is 0 Å². The summed E-state index contributed by atoms with van der Waals surface area (Å²) < 4.78 is 64.3. The summed E-state index contributed by atoms with van der Waals surface area (Å²) in [6.45, 7) is 5.66. The zero-order chi connectivity index (χ0) is 24.8. The number of rotatable bonds is 12. The Morgan fingerprint density at radius 2 is 1.21 bits per heavy atom. The van der Waals surface area contributed by atoms with Crippen molar-refractivity contribution < 1.29 is 36.4 Å². The van der Waals surface area contributed by atoms with Crippen molar-refractivity contribution in [1.82, 2.24) is 0 Å². The van der Waals surface area contributed by atoms with E-state index in [0.717, 1.165) is 0 Å². The summed E-state index contributed by atoms with van der Waals surface area (Å²) in [4.78, 5) is 10.0. The highest BCUT2D eigenvalue weighted by molar-refractivity contribution is 5.86. The maximum atomic E-state index is 12.5. The topological polar surface area (TPSA) is 44.0 Å². The van der Waals surface area contributed by atoms with Gasteiger partial charge in [-0.25, -0.2) is 26.5 Å². The molecule has 0 aliphatic carbocycles. The minimum atomic E-state index is -2.47. The first-order valence-electron chi connectivity index (χ1n) is 11.4. The first kappa shape index (κ1) is 28.5. The van der Waals surface area contributed by atoms with Crippen molar-refractivity contribution >= 4 is 5.97 Å². The van der Waals surface area contributed by atoms with Crippen LogP contribution < -0.4 is 9.67 Å². The standard InChI is InChI=1S/C18H32N.C7HF5O2/c1-3-4-5-6-7-8-9-10-11-13-16-19-17-14-12-15-18(19)2;8-2-1(7(13)14)3(9)5(11)6(12)4(2)10/h12,14-15,17H,3-11,13,16H2,1-2H3;(H,13,14)/q+1;/p-1. The van der Waals surface area contributed by atoms with E-state index in [9.17, 15) is 31.9 Å². The first-order valence-corrected chi connectivity index (χ1v) is 11.4. The highest BCUT2D eigenvalue weighted by atomic mass is 19.2. The average Bonchev–Trinajstić information content (AvgIpc) is 2.79. The van der Waals surface area contributed by atoms with Crippen molar-refractivity contribution in [2.45, 2.75) is 84.6 Å². The van der Waals surface area contributed by atoms with E-state index < -0.39 is 40.6 Å². The third-order valence-electron chi connectivity index (χ3n) is 5.33. The molecule has 1 aromatic heterocycles. The van der Waals surface area contributed by atoms with Crippen molar-refractivity contribution in [2.75, 3.05) is 0 Å². The van der Waals surface area contributed by atoms with Gasteiger partial charge >= 0.3 is 0 Å². The lowest BCUT2D eigenvalue weighted by Crippen LogP contribution is -2.36. The zero-order valence-corrected chi connectivity index (χ0v) is 19.2. The van der Waals surface area contributed by atoms with E-state index in [1.807, 2.05) is 0 Å². The van der Waals surface area contributed by atoms with Crippen LogP contribution in [0.15, 0.2) is 24.4 Å². The van der Waals surface area contributed by atoms with Gasteiger partial charge < -0.3 is 9.90 Å². The third kappa shape index (κ3) is 9.48. The van der Waals surface area contributed by atoms with Gasteiger partial charge in [0.05, 0.1) is 11.5 Å². The molecule has 33 heavy (non-hydrogen) atoms. The SMILES string of the molecule is CCCCCCCCCCCC[n+]1ccccc1C.O=C([O-])c1c(F)c(F)c(F)c(F)c1F. The summed E-state index contributed by atoms with van der Waals surface area (Å²) in [5.41, 5.74) is -0.597. The fraction of sp³-hybridized carbons (Fsp3) is 0.520. The Balaban J connectivity index is 0.000000346. The van der Waals surface area contributed by atoms with E-state index in [-0.39, 0.29) is 0 Å². The highest BCUT2D eigenvalue weighted by Gasteiger charge is 2.25. The van der Waals surface area contributed by atoms with Gasteiger partial charge in [-0.1, -0.05) is 64.4 Å². The van der Waals surface area contributed by atoms with Gasteiger partial charge in [-0.05, 0) is 6.42 Å². The monoisotopic (exact) mass is 473 g/mol. The molecule has 8 heteroatoms. The number of unbranched alkanes of at least 4 members (excludes halogenated alkanes) is 9. The van der Waals surface area contributed by atoms with Crippen LogP contribution in [0.3, 0.4) is 0 Å². The molecular formula is C25H32F5NO2. The van der Waals surface area contributed by atoms with Gasteiger partial charge in [0.1, 0.15) is 6.54 Å². The second-order valence-electron chi connectivity index (χ2n) is 7.95. The van der Waals surface area contributed by atoms with Crippen molar-refractivity contribution in [3.05, 3.63) is 64.7 Å². The Bertz CT molecular complexity index is 860. The van der Waals surface area contributed by atoms with Crippen molar-refractivity contribution in [2.24, 2.45) is 0 Å². The van der Waals surface area contributed by atoms with Crippen LogP contribution in [0.25, 0.3) is 0 Å². The van der Waals surface area contributed by atoms with Gasteiger partial charge in [0.25, 0.3) is 0 Å². The van der Waals surface area contributed by atoms with Crippen LogP contribution in [0.4, 0.5) is 22.0 Å². The van der Waals surface area contributed by atoms with Crippen molar-refractivity contribution in [1.29, 1.82) is 0 Å². The number of benzene rings is 1. The summed E-state index contributed by atoms with van der Waals surface area (Å²) in [7, 11) is 0. The van der Waals surface area contributed by atoms with E-state index in [2.05, 4.69) is 42.8 Å². The van der Waals surface area contributed by atoms with Gasteiger partial charge in [-0.3, -0.25) is 0 Å². The van der Waals surface area contributed by atoms with Crippen LogP contribution in [-0.4, -0.2) is 5.97 Å². The number of aromatic nitrogens is 1. The highest BCUT2D eigenvalue weighted by Crippen LogP contribution is 2.22. The van der Waals surface area contributed by atoms with Crippen LogP contribution in [0.1, 0.15) is 87.2 Å². The maximum Gasteiger partial charge on any atom is 0.200 e. The number of aryl methyl sites for hydroxylation is 2. The van der Waals surface area contributed by atoms with Crippen LogP contribution >= 0.6 is 0 Å². The second kappa shape index (κ2) is 15.3. The second-order valence-corrected chi connectivity index (χ2v) is 7.95. The molecule has 3 nitrogen and oxygen atoms in total. The van der Waals surface area contributed by atoms with Gasteiger partial charge in [-0.2, -0.15) is 0 Å². The minimum Gasteiger partial charge on any atom is -0.545 e. The number of aromatic carboxylic acids is 1. The number of halogens is 5. The van der Waals surface area contributed by atoms with Crippen LogP contribution in [0, 0.1) is 36.0 Å². The van der Waals surface area contributed by atoms with Crippen molar-refractivity contribution in [3.8, 4) is 0 Å². The summed E-state index contributed by atoms with van der Waals surface area (Å²) in [6.07, 6.45) is 16.3. The van der Waals surface area contributed by atoms with Gasteiger partial charge in [-0.15, -0.1) is 0 Å². The Morgan fingerprint density at radius 3 is 1.67 bits per heavy atom. The molecule has 0 unspecified atom stereocenters. The smallest absolute Gasteiger partial charge is 0.200 e. The number of hydrogen-bond acceptors (Lipinski definition) is 2. The van der Waals surface area contributed by atoms with Gasteiger partial charge in [0.15, 0.2) is 35.2 Å². The molecule has 0 atom stereocenters. The molecule has 2 aromatic rings. The van der Waals surface area contributed by atoms with Gasteiger partial charge in [0, 0.05) is 25.5 Å². The van der Waals surface area contributed by atoms with Crippen LogP contribution in [0.5, 0.6) is 0 Å². The number of carbonyl (C=O) groups is 1. The minimum absolute atomic E-state index is 1.18. The Kier molecular flexibility index (Phi) is 13.3. The van der Waals surface area contributed by atoms with Crippen LogP contribution in [0.2, 0.25) is 0 Å². The lowest BCUT2D eigenvalue weighted by molar-refractivity contribution is -0.703. The van der Waals surface area contributed by atoms with Crippen molar-refractivity contribution in [3.63, 3.8) is 0 Å². The summed E-state index contributed by atoms with van der Waals surface area (Å²) in [5.74, 6) is -14.4. The predicted octanol–water partition coefficient (Wildman–Crippen LogP) is 5.95. The molecule has 0 saturated heterocycles. The van der Waals surface area contributed by atoms with E-state index in [1.165, 1.54) is 76.4 Å². The molecule has 0 spiro atoms. The Hall–Kier alpha value is -2.51. The fourth-order valence-corrected chi connectivity index (χ4v) is 3.37. The molecule has 1 heterocycles. The normalized spacial score (nSPS) is 10.6. The molecule has 0 aliphatic rings. The summed E-state index contributed by atoms with van der Waals surface area (Å²) in [6, 6.07) is 6.43. The molecule has 184 valence electrons. The maximum absolute atomic E-state index is 12.5. The molecule has 0 N–H and O–H groups in total. The number of carboxylic acid groups (broad SMARTS) is 1. The molecule has 2 rings (SSSR count). The first-order chi connectivity index (χ1) is 15.7. The van der Waals surface area contributed by atoms with Crippen LogP contribution in [-0.2, 0) is 6.54 Å². The van der Waals surface area contributed by atoms with Gasteiger partial charge in [0.2, 0.25) is 5.82 Å². The third-order valence-corrected chi connectivity index (χ3v) is 5.33. The number of carboxylic acids is 1. The average molecular weight is 474 g/mol. The molecule has 0 saturated carbocycles. The quantitative estimate of drug-likeness (QED) is 0.126. The summed E-state index contributed by atoms with van der Waals surface area (Å²) in [5, 5.41) is 10.0. The Morgan fingerprint density at radius 1 is 0.758 bits per heavy atom. The number of nitrogens with zero attached hydrogens (tertiary/aromatic N) is 1. The summed E-state index contributed by atoms with van der Waals surface area (Å²) >= 11 is 0. The molecule has 0 amide bonds. The van der Waals surface area contributed by atoms with E-state index in [1.54, 1.807) is 0 Å². The van der Waals surface area contributed by atoms with E-state index in [0.29, 0.717) is 0 Å². The molecule has 0 radical (unpaired) electrons.